The quantitative estimate of drug-likeness (QED) is 0.726. The van der Waals surface area contributed by atoms with Gasteiger partial charge in [-0.25, -0.2) is 0 Å². The zero-order valence-electron chi connectivity index (χ0n) is 12.0. The molecule has 0 aliphatic heterocycles. The van der Waals surface area contributed by atoms with Crippen LogP contribution < -0.4 is 0 Å². The molecular weight excluding hydrogens is 232 g/mol. The molecule has 2 aromatic rings. The highest BCUT2D eigenvalue weighted by Crippen LogP contribution is 2.18. The lowest BCUT2D eigenvalue weighted by Crippen LogP contribution is -2.02. The maximum atomic E-state index is 12.4. The molecule has 1 nitrogen and oxygen atoms in total. The molecule has 0 atom stereocenters. The van der Waals surface area contributed by atoms with E-state index in [1.165, 1.54) is 5.56 Å². The van der Waals surface area contributed by atoms with Gasteiger partial charge < -0.3 is 0 Å². The van der Waals surface area contributed by atoms with E-state index in [-0.39, 0.29) is 5.78 Å². The third-order valence-corrected chi connectivity index (χ3v) is 3.32. The molecule has 0 heterocycles. The van der Waals surface area contributed by atoms with Crippen LogP contribution in [0.25, 0.3) is 0 Å². The van der Waals surface area contributed by atoms with Gasteiger partial charge in [-0.05, 0) is 37.5 Å². The Kier molecular flexibility index (Phi) is 3.84. The van der Waals surface area contributed by atoms with Gasteiger partial charge in [0.15, 0.2) is 5.78 Å². The molecule has 0 unspecified atom stereocenters. The van der Waals surface area contributed by atoms with Gasteiger partial charge >= 0.3 is 0 Å². The van der Waals surface area contributed by atoms with Gasteiger partial charge in [0.05, 0.1) is 0 Å². The van der Waals surface area contributed by atoms with Gasteiger partial charge in [-0.15, -0.1) is 0 Å². The van der Waals surface area contributed by atoms with E-state index in [0.29, 0.717) is 5.92 Å². The average Bonchev–Trinajstić information content (AvgIpc) is 2.37. The lowest BCUT2D eigenvalue weighted by Gasteiger charge is -2.07. The third kappa shape index (κ3) is 3.11. The molecule has 98 valence electrons. The van der Waals surface area contributed by atoms with Crippen molar-refractivity contribution in [1.29, 1.82) is 0 Å². The molecule has 0 N–H and O–H groups in total. The summed E-state index contributed by atoms with van der Waals surface area (Å²) < 4.78 is 0. The maximum absolute atomic E-state index is 12.4. The minimum absolute atomic E-state index is 0.0992. The van der Waals surface area contributed by atoms with E-state index >= 15 is 0 Å². The standard InChI is InChI=1S/C18H20O/c1-12(2)15-5-7-16(8-6-15)18(19)17-10-13(3)9-14(4)11-17/h5-12H,1-4H3. The molecule has 0 aliphatic rings. The molecule has 0 aliphatic carbocycles. The molecule has 0 saturated heterocycles. The van der Waals surface area contributed by atoms with Gasteiger partial charge in [-0.1, -0.05) is 55.3 Å². The molecule has 0 bridgehead atoms. The number of hydrogen-bond acceptors (Lipinski definition) is 1. The molecule has 0 aromatic heterocycles. The second kappa shape index (κ2) is 5.40. The van der Waals surface area contributed by atoms with E-state index in [1.54, 1.807) is 0 Å². The van der Waals surface area contributed by atoms with Crippen molar-refractivity contribution in [2.75, 3.05) is 0 Å². The first-order valence-corrected chi connectivity index (χ1v) is 6.70. The summed E-state index contributed by atoms with van der Waals surface area (Å²) in [6, 6.07) is 13.9. The second-order valence-electron chi connectivity index (χ2n) is 5.48. The van der Waals surface area contributed by atoms with Crippen molar-refractivity contribution in [3.05, 3.63) is 70.3 Å². The topological polar surface area (TPSA) is 17.1 Å². The van der Waals surface area contributed by atoms with Crippen molar-refractivity contribution < 1.29 is 4.79 Å². The molecule has 2 aromatic carbocycles. The fourth-order valence-corrected chi connectivity index (χ4v) is 2.29. The number of carbonyl (C=O) groups is 1. The van der Waals surface area contributed by atoms with E-state index in [4.69, 9.17) is 0 Å². The summed E-state index contributed by atoms with van der Waals surface area (Å²) in [4.78, 5) is 12.4. The highest BCUT2D eigenvalue weighted by molar-refractivity contribution is 6.09. The Morgan fingerprint density at radius 2 is 1.37 bits per heavy atom. The Hall–Kier alpha value is -1.89. The molecule has 2 rings (SSSR count). The van der Waals surface area contributed by atoms with Gasteiger partial charge in [0.1, 0.15) is 0 Å². The van der Waals surface area contributed by atoms with Gasteiger partial charge in [0, 0.05) is 11.1 Å². The van der Waals surface area contributed by atoms with Crippen LogP contribution in [0.1, 0.15) is 52.4 Å². The normalized spacial score (nSPS) is 10.8. The average molecular weight is 252 g/mol. The molecule has 1 heteroatoms. The predicted molar refractivity (Wildman–Crippen MR) is 79.9 cm³/mol. The van der Waals surface area contributed by atoms with Gasteiger partial charge in [0.2, 0.25) is 0 Å². The number of aryl methyl sites for hydroxylation is 2. The Morgan fingerprint density at radius 3 is 1.84 bits per heavy atom. The van der Waals surface area contributed by atoms with Crippen LogP contribution in [0.5, 0.6) is 0 Å². The van der Waals surface area contributed by atoms with Crippen molar-refractivity contribution >= 4 is 5.78 Å². The Morgan fingerprint density at radius 1 is 0.842 bits per heavy atom. The third-order valence-electron chi connectivity index (χ3n) is 3.32. The number of rotatable bonds is 3. The smallest absolute Gasteiger partial charge is 0.193 e. The van der Waals surface area contributed by atoms with E-state index < -0.39 is 0 Å². The van der Waals surface area contributed by atoms with Crippen LogP contribution in [0.3, 0.4) is 0 Å². The highest BCUT2D eigenvalue weighted by atomic mass is 16.1. The van der Waals surface area contributed by atoms with Crippen LogP contribution in [0.4, 0.5) is 0 Å². The van der Waals surface area contributed by atoms with Gasteiger partial charge in [-0.2, -0.15) is 0 Å². The first-order chi connectivity index (χ1) is 8.97. The minimum Gasteiger partial charge on any atom is -0.289 e. The van der Waals surface area contributed by atoms with Crippen molar-refractivity contribution in [2.45, 2.75) is 33.6 Å². The minimum atomic E-state index is 0.0992. The van der Waals surface area contributed by atoms with Crippen molar-refractivity contribution in [3.8, 4) is 0 Å². The first kappa shape index (κ1) is 13.5. The molecule has 0 spiro atoms. The van der Waals surface area contributed by atoms with Crippen molar-refractivity contribution in [2.24, 2.45) is 0 Å². The van der Waals surface area contributed by atoms with E-state index in [9.17, 15) is 4.79 Å². The molecule has 0 saturated carbocycles. The summed E-state index contributed by atoms with van der Waals surface area (Å²) in [7, 11) is 0. The van der Waals surface area contributed by atoms with E-state index in [0.717, 1.165) is 22.3 Å². The summed E-state index contributed by atoms with van der Waals surface area (Å²) in [6.07, 6.45) is 0. The van der Waals surface area contributed by atoms with Crippen LogP contribution in [0.2, 0.25) is 0 Å². The Bertz CT molecular complexity index is 571. The molecule has 0 amide bonds. The van der Waals surface area contributed by atoms with E-state index in [2.05, 4.69) is 19.9 Å². The summed E-state index contributed by atoms with van der Waals surface area (Å²) in [6.45, 7) is 8.35. The SMILES string of the molecule is Cc1cc(C)cc(C(=O)c2ccc(C(C)C)cc2)c1. The molecule has 0 radical (unpaired) electrons. The van der Waals surface area contributed by atoms with Crippen LogP contribution in [-0.2, 0) is 0 Å². The first-order valence-electron chi connectivity index (χ1n) is 6.70. The summed E-state index contributed by atoms with van der Waals surface area (Å²) in [5.41, 5.74) is 5.05. The second-order valence-corrected chi connectivity index (χ2v) is 5.48. The zero-order chi connectivity index (χ0) is 14.0. The monoisotopic (exact) mass is 252 g/mol. The van der Waals surface area contributed by atoms with Crippen LogP contribution in [-0.4, -0.2) is 5.78 Å². The maximum Gasteiger partial charge on any atom is 0.193 e. The van der Waals surface area contributed by atoms with E-state index in [1.807, 2.05) is 50.2 Å². The number of hydrogen-bond donors (Lipinski definition) is 0. The fourth-order valence-electron chi connectivity index (χ4n) is 2.29. The number of carbonyl (C=O) groups excluding carboxylic acids is 1. The van der Waals surface area contributed by atoms with Crippen LogP contribution >= 0.6 is 0 Å². The Balaban J connectivity index is 2.33. The lowest BCUT2D eigenvalue weighted by atomic mass is 9.96. The summed E-state index contributed by atoms with van der Waals surface area (Å²) in [5, 5.41) is 0. The van der Waals surface area contributed by atoms with Crippen molar-refractivity contribution in [3.63, 3.8) is 0 Å². The lowest BCUT2D eigenvalue weighted by molar-refractivity contribution is 0.103. The van der Waals surface area contributed by atoms with Gasteiger partial charge in [0.25, 0.3) is 0 Å². The van der Waals surface area contributed by atoms with Gasteiger partial charge in [-0.3, -0.25) is 4.79 Å². The van der Waals surface area contributed by atoms with Crippen molar-refractivity contribution in [1.82, 2.24) is 0 Å². The summed E-state index contributed by atoms with van der Waals surface area (Å²) >= 11 is 0. The molecule has 0 fully saturated rings. The number of ketones is 1. The molecule has 19 heavy (non-hydrogen) atoms. The Labute approximate surface area is 115 Å². The van der Waals surface area contributed by atoms with Crippen LogP contribution in [0.15, 0.2) is 42.5 Å². The number of benzene rings is 2. The predicted octanol–water partition coefficient (Wildman–Crippen LogP) is 4.66. The fraction of sp³-hybridized carbons (Fsp3) is 0.278. The van der Waals surface area contributed by atoms with Crippen LogP contribution in [0, 0.1) is 13.8 Å². The largest absolute Gasteiger partial charge is 0.289 e. The molecular formula is C18H20O. The summed E-state index contributed by atoms with van der Waals surface area (Å²) in [5.74, 6) is 0.590. The highest BCUT2D eigenvalue weighted by Gasteiger charge is 2.10. The zero-order valence-corrected chi connectivity index (χ0v) is 12.0.